The Morgan fingerprint density at radius 1 is 1.14 bits per heavy atom. The standard InChI is InChI=1S/C12H18O2/c1-8-6-7-9(2)11(14-5)10(8)12(3,4)13/h6-7,13H,1-5H3. The van der Waals surface area contributed by atoms with Crippen LogP contribution in [0.3, 0.4) is 0 Å². The molecule has 1 N–H and O–H groups in total. The van der Waals surface area contributed by atoms with Crippen molar-refractivity contribution in [3.05, 3.63) is 28.8 Å². The predicted octanol–water partition coefficient (Wildman–Crippen LogP) is 2.54. The molecule has 1 rings (SSSR count). The summed E-state index contributed by atoms with van der Waals surface area (Å²) < 4.78 is 5.32. The van der Waals surface area contributed by atoms with E-state index in [1.807, 2.05) is 26.0 Å². The number of aliphatic hydroxyl groups is 1. The van der Waals surface area contributed by atoms with E-state index in [0.29, 0.717) is 0 Å². The first-order chi connectivity index (χ1) is 6.38. The van der Waals surface area contributed by atoms with Crippen LogP contribution in [0.5, 0.6) is 5.75 Å². The van der Waals surface area contributed by atoms with Gasteiger partial charge in [-0.15, -0.1) is 0 Å². The molecule has 0 heterocycles. The molecule has 2 nitrogen and oxygen atoms in total. The molecule has 0 aromatic heterocycles. The molecule has 0 spiro atoms. The Balaban J connectivity index is 3.46. The van der Waals surface area contributed by atoms with Crippen molar-refractivity contribution in [3.8, 4) is 5.75 Å². The minimum atomic E-state index is -0.860. The lowest BCUT2D eigenvalue weighted by Crippen LogP contribution is -2.19. The average Bonchev–Trinajstić information content (AvgIpc) is 2.06. The van der Waals surface area contributed by atoms with Gasteiger partial charge in [0.15, 0.2) is 0 Å². The van der Waals surface area contributed by atoms with Gasteiger partial charge in [-0.2, -0.15) is 0 Å². The lowest BCUT2D eigenvalue weighted by atomic mass is 9.91. The zero-order chi connectivity index (χ0) is 10.9. The summed E-state index contributed by atoms with van der Waals surface area (Å²) in [5.41, 5.74) is 2.12. The molecule has 1 aromatic carbocycles. The average molecular weight is 194 g/mol. The first-order valence-electron chi connectivity index (χ1n) is 4.75. The van der Waals surface area contributed by atoms with Crippen LogP contribution in [0.2, 0.25) is 0 Å². The fourth-order valence-electron chi connectivity index (χ4n) is 1.81. The van der Waals surface area contributed by atoms with Crippen molar-refractivity contribution in [1.82, 2.24) is 0 Å². The number of aryl methyl sites for hydroxylation is 2. The summed E-state index contributed by atoms with van der Waals surface area (Å²) in [4.78, 5) is 0. The van der Waals surface area contributed by atoms with E-state index in [2.05, 4.69) is 0 Å². The molecule has 0 atom stereocenters. The van der Waals surface area contributed by atoms with E-state index in [1.165, 1.54) is 0 Å². The molecule has 0 aliphatic heterocycles. The van der Waals surface area contributed by atoms with Crippen molar-refractivity contribution in [2.75, 3.05) is 7.11 Å². The third-order valence-corrected chi connectivity index (χ3v) is 2.38. The van der Waals surface area contributed by atoms with Gasteiger partial charge in [0.1, 0.15) is 5.75 Å². The SMILES string of the molecule is COc1c(C)ccc(C)c1C(C)(C)O. The van der Waals surface area contributed by atoms with Gasteiger partial charge in [0, 0.05) is 5.56 Å². The van der Waals surface area contributed by atoms with Crippen LogP contribution in [0.15, 0.2) is 12.1 Å². The van der Waals surface area contributed by atoms with Gasteiger partial charge >= 0.3 is 0 Å². The van der Waals surface area contributed by atoms with Gasteiger partial charge in [0.25, 0.3) is 0 Å². The first-order valence-corrected chi connectivity index (χ1v) is 4.75. The highest BCUT2D eigenvalue weighted by Crippen LogP contribution is 2.34. The summed E-state index contributed by atoms with van der Waals surface area (Å²) in [6.07, 6.45) is 0. The third-order valence-electron chi connectivity index (χ3n) is 2.38. The van der Waals surface area contributed by atoms with Gasteiger partial charge in [-0.05, 0) is 38.8 Å². The Morgan fingerprint density at radius 2 is 1.64 bits per heavy atom. The Kier molecular flexibility index (Phi) is 2.86. The Morgan fingerprint density at radius 3 is 2.00 bits per heavy atom. The van der Waals surface area contributed by atoms with Gasteiger partial charge in [-0.3, -0.25) is 0 Å². The highest BCUT2D eigenvalue weighted by molar-refractivity contribution is 5.48. The second kappa shape index (κ2) is 3.62. The van der Waals surface area contributed by atoms with Crippen molar-refractivity contribution < 1.29 is 9.84 Å². The van der Waals surface area contributed by atoms with Crippen molar-refractivity contribution >= 4 is 0 Å². The van der Waals surface area contributed by atoms with Crippen molar-refractivity contribution in [2.45, 2.75) is 33.3 Å². The third kappa shape index (κ3) is 1.90. The van der Waals surface area contributed by atoms with E-state index in [9.17, 15) is 5.11 Å². The van der Waals surface area contributed by atoms with E-state index in [0.717, 1.165) is 22.4 Å². The predicted molar refractivity (Wildman–Crippen MR) is 57.7 cm³/mol. The second-order valence-electron chi connectivity index (χ2n) is 4.17. The highest BCUT2D eigenvalue weighted by Gasteiger charge is 2.24. The van der Waals surface area contributed by atoms with Crippen LogP contribution in [-0.4, -0.2) is 12.2 Å². The molecule has 0 saturated carbocycles. The molecule has 0 unspecified atom stereocenters. The summed E-state index contributed by atoms with van der Waals surface area (Å²) in [6, 6.07) is 4.01. The van der Waals surface area contributed by atoms with Crippen molar-refractivity contribution in [3.63, 3.8) is 0 Å². The Bertz CT molecular complexity index is 335. The lowest BCUT2D eigenvalue weighted by molar-refractivity contribution is 0.0748. The minimum absolute atomic E-state index is 0.789. The largest absolute Gasteiger partial charge is 0.496 e. The zero-order valence-corrected chi connectivity index (χ0v) is 9.51. The zero-order valence-electron chi connectivity index (χ0n) is 9.51. The number of methoxy groups -OCH3 is 1. The van der Waals surface area contributed by atoms with Crippen LogP contribution >= 0.6 is 0 Å². The molecule has 0 fully saturated rings. The van der Waals surface area contributed by atoms with E-state index < -0.39 is 5.60 Å². The Labute approximate surface area is 85.5 Å². The normalized spacial score (nSPS) is 11.6. The van der Waals surface area contributed by atoms with Gasteiger partial charge in [0.2, 0.25) is 0 Å². The van der Waals surface area contributed by atoms with Crippen molar-refractivity contribution in [1.29, 1.82) is 0 Å². The molecule has 0 saturated heterocycles. The van der Waals surface area contributed by atoms with Crippen LogP contribution in [0.25, 0.3) is 0 Å². The maximum absolute atomic E-state index is 10.0. The second-order valence-corrected chi connectivity index (χ2v) is 4.17. The first kappa shape index (κ1) is 11.1. The molecule has 14 heavy (non-hydrogen) atoms. The van der Waals surface area contributed by atoms with E-state index in [1.54, 1.807) is 21.0 Å². The molecule has 2 heteroatoms. The molecule has 0 radical (unpaired) electrons. The number of hydrogen-bond acceptors (Lipinski definition) is 2. The summed E-state index contributed by atoms with van der Waals surface area (Å²) in [5, 5.41) is 10.0. The van der Waals surface area contributed by atoms with Gasteiger partial charge in [-0.25, -0.2) is 0 Å². The molecular weight excluding hydrogens is 176 g/mol. The van der Waals surface area contributed by atoms with E-state index >= 15 is 0 Å². The van der Waals surface area contributed by atoms with Gasteiger partial charge < -0.3 is 9.84 Å². The van der Waals surface area contributed by atoms with Gasteiger partial charge in [-0.1, -0.05) is 12.1 Å². The fourth-order valence-corrected chi connectivity index (χ4v) is 1.81. The van der Waals surface area contributed by atoms with Crippen LogP contribution in [0.1, 0.15) is 30.5 Å². The summed E-state index contributed by atoms with van der Waals surface area (Å²) in [5.74, 6) is 0.789. The van der Waals surface area contributed by atoms with Crippen LogP contribution in [0, 0.1) is 13.8 Å². The van der Waals surface area contributed by atoms with E-state index in [-0.39, 0.29) is 0 Å². The summed E-state index contributed by atoms with van der Waals surface area (Å²) in [7, 11) is 1.64. The fraction of sp³-hybridized carbons (Fsp3) is 0.500. The molecule has 0 bridgehead atoms. The summed E-state index contributed by atoms with van der Waals surface area (Å²) >= 11 is 0. The highest BCUT2D eigenvalue weighted by atomic mass is 16.5. The van der Waals surface area contributed by atoms with Gasteiger partial charge in [0.05, 0.1) is 12.7 Å². The van der Waals surface area contributed by atoms with E-state index in [4.69, 9.17) is 4.74 Å². The molecule has 0 aliphatic carbocycles. The van der Waals surface area contributed by atoms with Crippen molar-refractivity contribution in [2.24, 2.45) is 0 Å². The number of ether oxygens (including phenoxy) is 1. The molecule has 1 aromatic rings. The molecule has 0 amide bonds. The minimum Gasteiger partial charge on any atom is -0.496 e. The monoisotopic (exact) mass is 194 g/mol. The lowest BCUT2D eigenvalue weighted by Gasteiger charge is -2.24. The number of hydrogen-bond donors (Lipinski definition) is 1. The Hall–Kier alpha value is -1.02. The molecular formula is C12H18O2. The quantitative estimate of drug-likeness (QED) is 0.784. The number of benzene rings is 1. The molecule has 78 valence electrons. The van der Waals surface area contributed by atoms with Crippen LogP contribution < -0.4 is 4.74 Å². The smallest absolute Gasteiger partial charge is 0.128 e. The topological polar surface area (TPSA) is 29.5 Å². The molecule has 0 aliphatic rings. The van der Waals surface area contributed by atoms with Crippen LogP contribution in [0.4, 0.5) is 0 Å². The summed E-state index contributed by atoms with van der Waals surface area (Å²) in [6.45, 7) is 7.51. The maximum atomic E-state index is 10.0. The maximum Gasteiger partial charge on any atom is 0.128 e. The number of rotatable bonds is 2. The van der Waals surface area contributed by atoms with Crippen LogP contribution in [-0.2, 0) is 5.60 Å².